The summed E-state index contributed by atoms with van der Waals surface area (Å²) < 4.78 is 40.2. The maximum absolute atomic E-state index is 14.9. The van der Waals surface area contributed by atoms with E-state index in [4.69, 9.17) is 9.47 Å². The van der Waals surface area contributed by atoms with Crippen LogP contribution in [0.1, 0.15) is 115 Å². The fraction of sp³-hybridized carbons (Fsp3) is 0.429. The molecule has 2 saturated carbocycles. The van der Waals surface area contributed by atoms with E-state index in [2.05, 4.69) is 27.5 Å². The summed E-state index contributed by atoms with van der Waals surface area (Å²) in [6.45, 7) is 4.32. The monoisotopic (exact) mass is 710 g/mol. The molecular weight excluding hydrogens is 662 g/mol. The number of aromatic nitrogens is 2. The number of nitrogens with zero attached hydrogens (tertiary/aromatic N) is 2. The van der Waals surface area contributed by atoms with Gasteiger partial charge in [0.25, 0.3) is 11.8 Å². The summed E-state index contributed by atoms with van der Waals surface area (Å²) in [6.07, 6.45) is 12.8. The molecule has 6 rings (SSSR count). The van der Waals surface area contributed by atoms with Gasteiger partial charge in [0.15, 0.2) is 11.6 Å². The van der Waals surface area contributed by atoms with Crippen LogP contribution in [0.15, 0.2) is 79.1 Å². The van der Waals surface area contributed by atoms with Gasteiger partial charge in [0.05, 0.1) is 22.5 Å². The van der Waals surface area contributed by atoms with E-state index >= 15 is 0 Å². The molecule has 2 aliphatic carbocycles. The first-order valence-corrected chi connectivity index (χ1v) is 18.5. The van der Waals surface area contributed by atoms with Gasteiger partial charge in [-0.2, -0.15) is 0 Å². The standard InChI is InChI=1S/C42H48F2N4O4/c1-27(29-9-4-3-5-10-29)47-41(49)32-15-17-36(45-23-32)25-51-38-21-34(20-35(43)22-38)31-12-8-11-30(19-31)28(2)48-42(50)33-16-18-37(46-24-33)26-52-40-14-7-6-13-39(40)44/h6-7,13-18,20-24,27-31H,3-5,8-12,19,25-26H2,1-2H3,(H,47,49)(H,48,50). The smallest absolute Gasteiger partial charge is 0.253 e. The lowest BCUT2D eigenvalue weighted by Gasteiger charge is -2.33. The number of carbonyl (C=O) groups excluding carboxylic acids is 2. The van der Waals surface area contributed by atoms with Gasteiger partial charge in [-0.1, -0.05) is 37.8 Å². The number of ether oxygens (including phenoxy) is 2. The fourth-order valence-electron chi connectivity index (χ4n) is 7.50. The molecule has 0 saturated heterocycles. The van der Waals surface area contributed by atoms with E-state index in [1.54, 1.807) is 54.7 Å². The van der Waals surface area contributed by atoms with Crippen molar-refractivity contribution in [2.75, 3.05) is 0 Å². The van der Waals surface area contributed by atoms with Crippen LogP contribution in [0.2, 0.25) is 0 Å². The number of para-hydroxylation sites is 1. The molecule has 2 aliphatic rings. The average molecular weight is 711 g/mol. The Hall–Kier alpha value is -4.86. The van der Waals surface area contributed by atoms with Crippen molar-refractivity contribution in [2.45, 2.75) is 103 Å². The summed E-state index contributed by atoms with van der Waals surface area (Å²) in [5.41, 5.74) is 3.04. The van der Waals surface area contributed by atoms with Crippen molar-refractivity contribution in [1.82, 2.24) is 20.6 Å². The zero-order valence-corrected chi connectivity index (χ0v) is 30.0. The van der Waals surface area contributed by atoms with Crippen LogP contribution in [0.4, 0.5) is 8.78 Å². The lowest BCUT2D eigenvalue weighted by Crippen LogP contribution is -2.39. The molecule has 4 atom stereocenters. The number of nitrogens with one attached hydrogen (secondary N) is 2. The highest BCUT2D eigenvalue weighted by Crippen LogP contribution is 2.39. The Kier molecular flexibility index (Phi) is 12.5. The van der Waals surface area contributed by atoms with E-state index in [1.807, 2.05) is 13.0 Å². The molecule has 2 heterocycles. The first-order chi connectivity index (χ1) is 25.2. The zero-order valence-electron chi connectivity index (χ0n) is 30.0. The van der Waals surface area contributed by atoms with Crippen LogP contribution in [0, 0.1) is 23.5 Å². The van der Waals surface area contributed by atoms with E-state index in [1.165, 1.54) is 37.6 Å². The highest BCUT2D eigenvalue weighted by Gasteiger charge is 2.29. The molecule has 52 heavy (non-hydrogen) atoms. The molecule has 0 bridgehead atoms. The Morgan fingerprint density at radius 2 is 1.35 bits per heavy atom. The quantitative estimate of drug-likeness (QED) is 0.144. The molecule has 2 amide bonds. The molecule has 2 aromatic carbocycles. The number of carbonyl (C=O) groups is 2. The molecule has 2 aromatic heterocycles. The van der Waals surface area contributed by atoms with Crippen LogP contribution >= 0.6 is 0 Å². The third-order valence-electron chi connectivity index (χ3n) is 10.6. The molecule has 0 spiro atoms. The van der Waals surface area contributed by atoms with Gasteiger partial charge < -0.3 is 20.1 Å². The summed E-state index contributed by atoms with van der Waals surface area (Å²) in [5.74, 6) is 0.282. The molecule has 10 heteroatoms. The molecule has 0 radical (unpaired) electrons. The summed E-state index contributed by atoms with van der Waals surface area (Å²) in [5, 5.41) is 6.27. The van der Waals surface area contributed by atoms with Gasteiger partial charge in [0.1, 0.15) is 24.8 Å². The number of pyridine rings is 2. The van der Waals surface area contributed by atoms with Gasteiger partial charge in [0.2, 0.25) is 0 Å². The van der Waals surface area contributed by atoms with Crippen molar-refractivity contribution in [2.24, 2.45) is 11.8 Å². The highest BCUT2D eigenvalue weighted by molar-refractivity contribution is 5.94. The second-order valence-corrected chi connectivity index (χ2v) is 14.4. The van der Waals surface area contributed by atoms with Crippen molar-refractivity contribution < 1.29 is 27.8 Å². The van der Waals surface area contributed by atoms with Crippen LogP contribution in [-0.2, 0) is 13.2 Å². The van der Waals surface area contributed by atoms with Gasteiger partial charge in [-0.3, -0.25) is 19.6 Å². The highest BCUT2D eigenvalue weighted by atomic mass is 19.1. The maximum atomic E-state index is 14.9. The van der Waals surface area contributed by atoms with Crippen LogP contribution in [0.25, 0.3) is 0 Å². The van der Waals surface area contributed by atoms with Crippen LogP contribution in [0.5, 0.6) is 11.5 Å². The lowest BCUT2D eigenvalue weighted by atomic mass is 9.75. The van der Waals surface area contributed by atoms with E-state index in [9.17, 15) is 18.4 Å². The number of rotatable bonds is 13. The number of hydrogen-bond donors (Lipinski definition) is 2. The van der Waals surface area contributed by atoms with E-state index in [-0.39, 0.29) is 60.5 Å². The molecule has 4 aromatic rings. The first kappa shape index (κ1) is 36.9. The van der Waals surface area contributed by atoms with Crippen LogP contribution < -0.4 is 20.1 Å². The van der Waals surface area contributed by atoms with E-state index in [0.717, 1.165) is 44.1 Å². The minimum Gasteiger partial charge on any atom is -0.487 e. The Bertz CT molecular complexity index is 1800. The Labute approximate surface area is 304 Å². The third kappa shape index (κ3) is 9.92. The van der Waals surface area contributed by atoms with E-state index < -0.39 is 5.82 Å². The molecule has 4 unspecified atom stereocenters. The third-order valence-corrected chi connectivity index (χ3v) is 10.6. The van der Waals surface area contributed by atoms with Gasteiger partial charge in [0, 0.05) is 30.5 Å². The maximum Gasteiger partial charge on any atom is 0.253 e. The zero-order chi connectivity index (χ0) is 36.5. The van der Waals surface area contributed by atoms with Crippen molar-refractivity contribution in [3.63, 3.8) is 0 Å². The fourth-order valence-corrected chi connectivity index (χ4v) is 7.50. The minimum atomic E-state index is -0.444. The normalized spacial score (nSPS) is 18.9. The SMILES string of the molecule is CC(NC(=O)c1ccc(COc2cc(F)cc(C3CCCC(C(C)NC(=O)c4ccc(COc5ccccc5F)nc4)C3)c2)nc1)C1CCCCC1. The number of hydrogen-bond acceptors (Lipinski definition) is 6. The molecular formula is C42H48F2N4O4. The van der Waals surface area contributed by atoms with Gasteiger partial charge in [-0.25, -0.2) is 8.78 Å². The number of amides is 2. The molecule has 2 N–H and O–H groups in total. The van der Waals surface area contributed by atoms with Crippen molar-refractivity contribution in [3.8, 4) is 11.5 Å². The number of benzene rings is 2. The molecule has 2 fully saturated rings. The Morgan fingerprint density at radius 1 is 0.731 bits per heavy atom. The predicted molar refractivity (Wildman–Crippen MR) is 195 cm³/mol. The summed E-state index contributed by atoms with van der Waals surface area (Å²) in [7, 11) is 0. The molecule has 274 valence electrons. The van der Waals surface area contributed by atoms with E-state index in [0.29, 0.717) is 34.2 Å². The van der Waals surface area contributed by atoms with Crippen molar-refractivity contribution in [1.29, 1.82) is 0 Å². The van der Waals surface area contributed by atoms with Crippen molar-refractivity contribution in [3.05, 3.63) is 119 Å². The summed E-state index contributed by atoms with van der Waals surface area (Å²) in [6, 6.07) is 18.0. The Balaban J connectivity index is 0.986. The molecule has 8 nitrogen and oxygen atoms in total. The lowest BCUT2D eigenvalue weighted by molar-refractivity contribution is 0.0909. The molecule has 0 aliphatic heterocycles. The second kappa shape index (κ2) is 17.6. The second-order valence-electron chi connectivity index (χ2n) is 14.4. The topological polar surface area (TPSA) is 102 Å². The van der Waals surface area contributed by atoms with Crippen molar-refractivity contribution >= 4 is 11.8 Å². The van der Waals surface area contributed by atoms with Gasteiger partial charge in [-0.05, 0) is 118 Å². The van der Waals surface area contributed by atoms with Crippen LogP contribution in [0.3, 0.4) is 0 Å². The average Bonchev–Trinajstić information content (AvgIpc) is 3.17. The Morgan fingerprint density at radius 3 is 1.98 bits per heavy atom. The largest absolute Gasteiger partial charge is 0.487 e. The van der Waals surface area contributed by atoms with Gasteiger partial charge in [-0.15, -0.1) is 0 Å². The number of halogens is 2. The first-order valence-electron chi connectivity index (χ1n) is 18.5. The summed E-state index contributed by atoms with van der Waals surface area (Å²) >= 11 is 0. The summed E-state index contributed by atoms with van der Waals surface area (Å²) in [4.78, 5) is 34.7. The van der Waals surface area contributed by atoms with Gasteiger partial charge >= 0.3 is 0 Å². The van der Waals surface area contributed by atoms with Crippen LogP contribution in [-0.4, -0.2) is 33.9 Å². The minimum absolute atomic E-state index is 0.0827. The predicted octanol–water partition coefficient (Wildman–Crippen LogP) is 8.70.